The quantitative estimate of drug-likeness (QED) is 0.942. The van der Waals surface area contributed by atoms with Gasteiger partial charge in [0.05, 0.1) is 13.7 Å². The minimum atomic E-state index is -1.05. The number of fused-ring (bicyclic) bond motifs is 1. The first-order valence-electron chi connectivity index (χ1n) is 6.47. The number of methoxy groups -OCH3 is 1. The summed E-state index contributed by atoms with van der Waals surface area (Å²) in [6, 6.07) is 7.91. The van der Waals surface area contributed by atoms with Gasteiger partial charge in [-0.3, -0.25) is 0 Å². The van der Waals surface area contributed by atoms with Crippen LogP contribution < -0.4 is 9.47 Å². The average molecular weight is 288 g/mol. The van der Waals surface area contributed by atoms with Gasteiger partial charge in [0, 0.05) is 6.42 Å². The van der Waals surface area contributed by atoms with Crippen molar-refractivity contribution in [1.82, 2.24) is 0 Å². The minimum Gasteiger partial charge on any atom is -0.494 e. The van der Waals surface area contributed by atoms with E-state index in [0.717, 1.165) is 5.56 Å². The Kier molecular flexibility index (Phi) is 3.25. The molecule has 3 rings (SSSR count). The molecule has 0 bridgehead atoms. The van der Waals surface area contributed by atoms with E-state index in [1.54, 1.807) is 6.07 Å². The molecule has 21 heavy (non-hydrogen) atoms. The van der Waals surface area contributed by atoms with Crippen LogP contribution in [-0.2, 0) is 6.42 Å². The van der Waals surface area contributed by atoms with Gasteiger partial charge >= 0.3 is 5.97 Å². The van der Waals surface area contributed by atoms with E-state index >= 15 is 0 Å². The highest BCUT2D eigenvalue weighted by molar-refractivity contribution is 5.93. The van der Waals surface area contributed by atoms with Gasteiger partial charge in [-0.25, -0.2) is 9.18 Å². The van der Waals surface area contributed by atoms with Crippen molar-refractivity contribution in [3.8, 4) is 22.6 Å². The number of hydrogen-bond donors (Lipinski definition) is 1. The number of aromatic carboxylic acids is 1. The predicted molar refractivity (Wildman–Crippen MR) is 74.5 cm³/mol. The van der Waals surface area contributed by atoms with E-state index in [1.807, 2.05) is 6.07 Å². The summed E-state index contributed by atoms with van der Waals surface area (Å²) < 4.78 is 24.1. The van der Waals surface area contributed by atoms with E-state index in [9.17, 15) is 14.3 Å². The second-order valence-corrected chi connectivity index (χ2v) is 4.76. The Hall–Kier alpha value is -2.56. The summed E-state index contributed by atoms with van der Waals surface area (Å²) in [6.07, 6.45) is 0.655. The SMILES string of the molecule is COc1ccc(-c2cc3c(c(C(=O)O)c2)OCC3)cc1F. The van der Waals surface area contributed by atoms with E-state index in [4.69, 9.17) is 9.47 Å². The number of ether oxygens (including phenoxy) is 2. The van der Waals surface area contributed by atoms with Crippen LogP contribution in [0.15, 0.2) is 30.3 Å². The van der Waals surface area contributed by atoms with Crippen LogP contribution in [0.4, 0.5) is 4.39 Å². The first-order valence-corrected chi connectivity index (χ1v) is 6.47. The molecule has 1 aliphatic rings. The topological polar surface area (TPSA) is 55.8 Å². The molecule has 1 aliphatic heterocycles. The number of carboxylic acid groups (broad SMARTS) is 1. The molecular formula is C16H13FO4. The molecule has 5 heteroatoms. The van der Waals surface area contributed by atoms with Crippen LogP contribution >= 0.6 is 0 Å². The Labute approximate surface area is 120 Å². The van der Waals surface area contributed by atoms with Crippen LogP contribution in [0.2, 0.25) is 0 Å². The number of rotatable bonds is 3. The summed E-state index contributed by atoms with van der Waals surface area (Å²) >= 11 is 0. The highest BCUT2D eigenvalue weighted by Crippen LogP contribution is 2.35. The maximum atomic E-state index is 13.8. The molecule has 2 aromatic rings. The van der Waals surface area contributed by atoms with Gasteiger partial charge in [-0.2, -0.15) is 0 Å². The fourth-order valence-corrected chi connectivity index (χ4v) is 2.48. The molecule has 0 saturated carbocycles. The summed E-state index contributed by atoms with van der Waals surface area (Å²) in [5.41, 5.74) is 2.20. The third-order valence-corrected chi connectivity index (χ3v) is 3.50. The summed E-state index contributed by atoms with van der Waals surface area (Å²) in [7, 11) is 1.40. The van der Waals surface area contributed by atoms with Gasteiger partial charge in [0.1, 0.15) is 11.3 Å². The molecule has 0 atom stereocenters. The van der Waals surface area contributed by atoms with Crippen molar-refractivity contribution < 1.29 is 23.8 Å². The van der Waals surface area contributed by atoms with Gasteiger partial charge in [0.2, 0.25) is 0 Å². The van der Waals surface area contributed by atoms with E-state index in [0.29, 0.717) is 29.9 Å². The molecule has 0 unspecified atom stereocenters. The zero-order valence-electron chi connectivity index (χ0n) is 11.4. The van der Waals surface area contributed by atoms with Gasteiger partial charge < -0.3 is 14.6 Å². The van der Waals surface area contributed by atoms with E-state index < -0.39 is 11.8 Å². The summed E-state index contributed by atoms with van der Waals surface area (Å²) in [5.74, 6) is -0.963. The Morgan fingerprint density at radius 3 is 2.76 bits per heavy atom. The molecule has 1 N–H and O–H groups in total. The fourth-order valence-electron chi connectivity index (χ4n) is 2.48. The van der Waals surface area contributed by atoms with Crippen LogP contribution in [0.25, 0.3) is 11.1 Å². The first kappa shape index (κ1) is 13.4. The van der Waals surface area contributed by atoms with Crippen molar-refractivity contribution in [1.29, 1.82) is 0 Å². The van der Waals surface area contributed by atoms with Gasteiger partial charge in [0.25, 0.3) is 0 Å². The maximum Gasteiger partial charge on any atom is 0.339 e. The molecular weight excluding hydrogens is 275 g/mol. The molecule has 108 valence electrons. The van der Waals surface area contributed by atoms with Crippen LogP contribution in [0.3, 0.4) is 0 Å². The number of hydrogen-bond acceptors (Lipinski definition) is 3. The highest BCUT2D eigenvalue weighted by atomic mass is 19.1. The fraction of sp³-hybridized carbons (Fsp3) is 0.188. The van der Waals surface area contributed by atoms with Gasteiger partial charge in [-0.05, 0) is 41.0 Å². The smallest absolute Gasteiger partial charge is 0.339 e. The van der Waals surface area contributed by atoms with Crippen LogP contribution in [-0.4, -0.2) is 24.8 Å². The lowest BCUT2D eigenvalue weighted by molar-refractivity contribution is 0.0693. The number of carbonyl (C=O) groups is 1. The van der Waals surface area contributed by atoms with Crippen molar-refractivity contribution >= 4 is 5.97 Å². The standard InChI is InChI=1S/C16H13FO4/c1-20-14-3-2-9(8-13(14)17)11-6-10-4-5-21-15(10)12(7-11)16(18)19/h2-3,6-8H,4-5H2,1H3,(H,18,19). The molecule has 2 aromatic carbocycles. The Morgan fingerprint density at radius 1 is 1.29 bits per heavy atom. The predicted octanol–water partition coefficient (Wildman–Crippen LogP) is 3.13. The lowest BCUT2D eigenvalue weighted by Crippen LogP contribution is -2.00. The third kappa shape index (κ3) is 2.31. The molecule has 0 amide bonds. The van der Waals surface area contributed by atoms with Crippen molar-refractivity contribution in [3.63, 3.8) is 0 Å². The van der Waals surface area contributed by atoms with Crippen molar-refractivity contribution in [3.05, 3.63) is 47.3 Å². The van der Waals surface area contributed by atoms with E-state index in [2.05, 4.69) is 0 Å². The number of benzene rings is 2. The van der Waals surface area contributed by atoms with Gasteiger partial charge in [0.15, 0.2) is 11.6 Å². The van der Waals surface area contributed by atoms with Crippen LogP contribution in [0.1, 0.15) is 15.9 Å². The molecule has 0 saturated heterocycles. The second kappa shape index (κ2) is 5.09. The average Bonchev–Trinajstić information content (AvgIpc) is 2.94. The summed E-state index contributed by atoms with van der Waals surface area (Å²) in [4.78, 5) is 11.3. The number of carboxylic acids is 1. The zero-order valence-corrected chi connectivity index (χ0v) is 11.4. The molecule has 0 aromatic heterocycles. The maximum absolute atomic E-state index is 13.8. The monoisotopic (exact) mass is 288 g/mol. The van der Waals surface area contributed by atoms with Crippen molar-refractivity contribution in [2.75, 3.05) is 13.7 Å². The second-order valence-electron chi connectivity index (χ2n) is 4.76. The van der Waals surface area contributed by atoms with Gasteiger partial charge in [-0.15, -0.1) is 0 Å². The normalized spacial score (nSPS) is 12.7. The Bertz CT molecular complexity index is 724. The Balaban J connectivity index is 2.13. The summed E-state index contributed by atoms with van der Waals surface area (Å²) in [6.45, 7) is 0.468. The summed E-state index contributed by atoms with van der Waals surface area (Å²) in [5, 5.41) is 9.28. The molecule has 0 aliphatic carbocycles. The third-order valence-electron chi connectivity index (χ3n) is 3.50. The van der Waals surface area contributed by atoms with Crippen molar-refractivity contribution in [2.24, 2.45) is 0 Å². The molecule has 1 heterocycles. The molecule has 4 nitrogen and oxygen atoms in total. The molecule has 0 spiro atoms. The van der Waals surface area contributed by atoms with E-state index in [1.165, 1.54) is 25.3 Å². The van der Waals surface area contributed by atoms with Crippen LogP contribution in [0.5, 0.6) is 11.5 Å². The molecule has 0 radical (unpaired) electrons. The zero-order chi connectivity index (χ0) is 15.0. The van der Waals surface area contributed by atoms with Crippen LogP contribution in [0, 0.1) is 5.82 Å². The largest absolute Gasteiger partial charge is 0.494 e. The molecule has 0 fully saturated rings. The minimum absolute atomic E-state index is 0.108. The van der Waals surface area contributed by atoms with Crippen molar-refractivity contribution in [2.45, 2.75) is 6.42 Å². The lowest BCUT2D eigenvalue weighted by Gasteiger charge is -2.09. The number of halogens is 1. The van der Waals surface area contributed by atoms with E-state index in [-0.39, 0.29) is 11.3 Å². The lowest BCUT2D eigenvalue weighted by atomic mass is 9.98. The highest BCUT2D eigenvalue weighted by Gasteiger charge is 2.22. The van der Waals surface area contributed by atoms with Gasteiger partial charge in [-0.1, -0.05) is 6.07 Å². The first-order chi connectivity index (χ1) is 10.1. The Morgan fingerprint density at radius 2 is 2.10 bits per heavy atom.